The minimum absolute atomic E-state index is 0.0172. The number of carbonyl (C=O) groups excluding carboxylic acids is 1. The van der Waals surface area contributed by atoms with Crippen LogP contribution in [0, 0.1) is 0 Å². The number of aldehydes is 1. The number of aliphatic hydroxyl groups is 5. The zero-order chi connectivity index (χ0) is 12.0. The molecule has 15 heavy (non-hydrogen) atoms. The first-order valence-corrected chi connectivity index (χ1v) is 4.30. The summed E-state index contributed by atoms with van der Waals surface area (Å²) in [6.45, 7) is -0.248. The van der Waals surface area contributed by atoms with Crippen molar-refractivity contribution in [2.45, 2.75) is 30.5 Å². The molecule has 7 heteroatoms. The van der Waals surface area contributed by atoms with E-state index in [-0.39, 0.29) is 12.9 Å². The highest BCUT2D eigenvalue weighted by molar-refractivity contribution is 5.56. The maximum atomic E-state index is 10.1. The summed E-state index contributed by atoms with van der Waals surface area (Å²) in [5.41, 5.74) is 0. The molecule has 0 amide bonds. The van der Waals surface area contributed by atoms with Gasteiger partial charge in [-0.2, -0.15) is 0 Å². The summed E-state index contributed by atoms with van der Waals surface area (Å²) in [4.78, 5) is 10.1. The number of hydrogen-bond acceptors (Lipinski definition) is 7. The summed E-state index contributed by atoms with van der Waals surface area (Å²) in [6, 6.07) is 0. The van der Waals surface area contributed by atoms with Crippen LogP contribution in [0.2, 0.25) is 0 Å². The molecule has 90 valence electrons. The van der Waals surface area contributed by atoms with Crippen LogP contribution in [0.5, 0.6) is 0 Å². The molecule has 0 bridgehead atoms. The maximum Gasteiger partial charge on any atom is 0.151 e. The smallest absolute Gasteiger partial charge is 0.151 e. The molecule has 0 radical (unpaired) electrons. The predicted octanol–water partition coefficient (Wildman–Crippen LogP) is -3.36. The van der Waals surface area contributed by atoms with E-state index < -0.39 is 30.5 Å². The summed E-state index contributed by atoms with van der Waals surface area (Å²) < 4.78 is 4.51. The van der Waals surface area contributed by atoms with Crippen molar-refractivity contribution in [2.24, 2.45) is 0 Å². The van der Waals surface area contributed by atoms with Crippen LogP contribution >= 0.6 is 0 Å². The van der Waals surface area contributed by atoms with Gasteiger partial charge in [0.15, 0.2) is 6.29 Å². The monoisotopic (exact) mass is 224 g/mol. The molecule has 0 saturated heterocycles. The Hall–Kier alpha value is -0.570. The van der Waals surface area contributed by atoms with Gasteiger partial charge in [-0.15, -0.1) is 0 Å². The molecule has 0 aliphatic rings. The van der Waals surface area contributed by atoms with Gasteiger partial charge in [-0.05, 0) is 0 Å². The van der Waals surface area contributed by atoms with Gasteiger partial charge in [0.1, 0.15) is 30.5 Å². The lowest BCUT2D eigenvalue weighted by Crippen LogP contribution is -2.50. The molecule has 0 aromatic rings. The minimum Gasteiger partial charge on any atom is -0.388 e. The molecule has 0 fully saturated rings. The Morgan fingerprint density at radius 2 is 1.60 bits per heavy atom. The zero-order valence-corrected chi connectivity index (χ0v) is 8.22. The van der Waals surface area contributed by atoms with Crippen molar-refractivity contribution < 1.29 is 35.1 Å². The van der Waals surface area contributed by atoms with Crippen molar-refractivity contribution in [1.29, 1.82) is 0 Å². The Kier molecular flexibility index (Phi) is 6.57. The lowest BCUT2D eigenvalue weighted by atomic mass is 10.0. The number of aliphatic hydroxyl groups excluding tert-OH is 5. The van der Waals surface area contributed by atoms with Gasteiger partial charge in [0, 0.05) is 7.11 Å². The van der Waals surface area contributed by atoms with E-state index in [9.17, 15) is 20.1 Å². The second-order valence-corrected chi connectivity index (χ2v) is 3.12. The highest BCUT2D eigenvalue weighted by Gasteiger charge is 2.33. The van der Waals surface area contributed by atoms with E-state index in [4.69, 9.17) is 10.2 Å². The van der Waals surface area contributed by atoms with Crippen molar-refractivity contribution in [2.75, 3.05) is 13.7 Å². The van der Waals surface area contributed by atoms with Crippen LogP contribution < -0.4 is 0 Å². The Morgan fingerprint density at radius 1 is 1.07 bits per heavy atom. The van der Waals surface area contributed by atoms with Crippen LogP contribution in [-0.2, 0) is 9.53 Å². The van der Waals surface area contributed by atoms with Gasteiger partial charge in [0.05, 0.1) is 6.61 Å². The number of hydrogen-bond donors (Lipinski definition) is 5. The SMILES string of the molecule is COCC(O)C(O)C(O)C(O)C(O)C=O. The van der Waals surface area contributed by atoms with E-state index in [0.717, 1.165) is 0 Å². The first kappa shape index (κ1) is 14.4. The molecule has 0 aromatic carbocycles. The van der Waals surface area contributed by atoms with E-state index in [2.05, 4.69) is 4.74 Å². The van der Waals surface area contributed by atoms with Gasteiger partial charge in [-0.3, -0.25) is 0 Å². The molecule has 0 rings (SSSR count). The van der Waals surface area contributed by atoms with Gasteiger partial charge in [0.25, 0.3) is 0 Å². The summed E-state index contributed by atoms with van der Waals surface area (Å²) in [5.74, 6) is 0. The zero-order valence-electron chi connectivity index (χ0n) is 8.22. The molecule has 0 spiro atoms. The molecule has 7 nitrogen and oxygen atoms in total. The summed E-state index contributed by atoms with van der Waals surface area (Å²) in [5, 5.41) is 45.7. The third-order valence-corrected chi connectivity index (χ3v) is 1.92. The van der Waals surface area contributed by atoms with Gasteiger partial charge in [-0.1, -0.05) is 0 Å². The van der Waals surface area contributed by atoms with Crippen molar-refractivity contribution in [1.82, 2.24) is 0 Å². The Labute approximate surface area is 86.5 Å². The third kappa shape index (κ3) is 4.20. The number of rotatable bonds is 7. The van der Waals surface area contributed by atoms with Crippen LogP contribution in [0.1, 0.15) is 0 Å². The largest absolute Gasteiger partial charge is 0.388 e. The van der Waals surface area contributed by atoms with Crippen molar-refractivity contribution in [3.05, 3.63) is 0 Å². The van der Waals surface area contributed by atoms with Gasteiger partial charge in [0.2, 0.25) is 0 Å². The van der Waals surface area contributed by atoms with E-state index in [1.54, 1.807) is 0 Å². The molecular weight excluding hydrogens is 208 g/mol. The predicted molar refractivity (Wildman–Crippen MR) is 48.0 cm³/mol. The first-order chi connectivity index (χ1) is 6.95. The summed E-state index contributed by atoms with van der Waals surface area (Å²) in [7, 11) is 1.28. The molecule has 0 aliphatic heterocycles. The Balaban J connectivity index is 4.28. The van der Waals surface area contributed by atoms with Crippen molar-refractivity contribution >= 4 is 6.29 Å². The second-order valence-electron chi connectivity index (χ2n) is 3.12. The highest BCUT2D eigenvalue weighted by Crippen LogP contribution is 2.07. The average molecular weight is 224 g/mol. The first-order valence-electron chi connectivity index (χ1n) is 4.30. The fourth-order valence-electron chi connectivity index (χ4n) is 0.981. The molecule has 0 aromatic heterocycles. The third-order valence-electron chi connectivity index (χ3n) is 1.92. The fraction of sp³-hybridized carbons (Fsp3) is 0.875. The topological polar surface area (TPSA) is 127 Å². The van der Waals surface area contributed by atoms with E-state index >= 15 is 0 Å². The van der Waals surface area contributed by atoms with Gasteiger partial charge < -0.3 is 35.1 Å². The van der Waals surface area contributed by atoms with Crippen LogP contribution in [0.25, 0.3) is 0 Å². The number of methoxy groups -OCH3 is 1. The second kappa shape index (κ2) is 6.83. The van der Waals surface area contributed by atoms with Crippen LogP contribution in [0.4, 0.5) is 0 Å². The van der Waals surface area contributed by atoms with Crippen LogP contribution in [0.15, 0.2) is 0 Å². The lowest BCUT2D eigenvalue weighted by molar-refractivity contribution is -0.149. The molecule has 0 aliphatic carbocycles. The molecule has 0 saturated carbocycles. The van der Waals surface area contributed by atoms with Gasteiger partial charge >= 0.3 is 0 Å². The number of ether oxygens (including phenoxy) is 1. The van der Waals surface area contributed by atoms with Crippen molar-refractivity contribution in [3.8, 4) is 0 Å². The Bertz CT molecular complexity index is 186. The summed E-state index contributed by atoms with van der Waals surface area (Å²) >= 11 is 0. The lowest BCUT2D eigenvalue weighted by Gasteiger charge is -2.26. The quantitative estimate of drug-likeness (QED) is 0.286. The molecule has 5 atom stereocenters. The fourth-order valence-corrected chi connectivity index (χ4v) is 0.981. The van der Waals surface area contributed by atoms with Crippen LogP contribution in [-0.4, -0.2) is 76.1 Å². The minimum atomic E-state index is -1.86. The van der Waals surface area contributed by atoms with Crippen LogP contribution in [0.3, 0.4) is 0 Å². The highest BCUT2D eigenvalue weighted by atomic mass is 16.5. The van der Waals surface area contributed by atoms with E-state index in [0.29, 0.717) is 0 Å². The van der Waals surface area contributed by atoms with Gasteiger partial charge in [-0.25, -0.2) is 0 Å². The normalized spacial score (nSPS) is 21.5. The standard InChI is InChI=1S/C8H16O7/c1-15-3-5(11)7(13)8(14)6(12)4(10)2-9/h2,4-8,10-14H,3H2,1H3. The summed E-state index contributed by atoms with van der Waals surface area (Å²) in [6.07, 6.45) is -8.62. The van der Waals surface area contributed by atoms with E-state index in [1.165, 1.54) is 7.11 Å². The van der Waals surface area contributed by atoms with Crippen molar-refractivity contribution in [3.63, 3.8) is 0 Å². The maximum absolute atomic E-state index is 10.1. The van der Waals surface area contributed by atoms with E-state index in [1.807, 2.05) is 0 Å². The molecule has 5 unspecified atom stereocenters. The molecular formula is C8H16O7. The Morgan fingerprint density at radius 3 is 2.00 bits per heavy atom. The average Bonchev–Trinajstić information content (AvgIpc) is 2.25. The number of carbonyl (C=O) groups is 1. The molecule has 5 N–H and O–H groups in total. The molecule has 0 heterocycles.